The summed E-state index contributed by atoms with van der Waals surface area (Å²) in [6.45, 7) is 2.21. The van der Waals surface area contributed by atoms with Gasteiger partial charge in [-0.15, -0.1) is 0 Å². The molecule has 0 spiro atoms. The Bertz CT molecular complexity index is 422. The fourth-order valence-corrected chi connectivity index (χ4v) is 3.47. The lowest BCUT2D eigenvalue weighted by atomic mass is 9.81. The van der Waals surface area contributed by atoms with Crippen molar-refractivity contribution in [2.75, 3.05) is 13.1 Å². The number of hydrogen-bond donors (Lipinski definition) is 1. The van der Waals surface area contributed by atoms with Crippen LogP contribution in [0.4, 0.5) is 0 Å². The van der Waals surface area contributed by atoms with Crippen molar-refractivity contribution in [3.05, 3.63) is 34.9 Å². The van der Waals surface area contributed by atoms with E-state index in [2.05, 4.69) is 4.90 Å². The summed E-state index contributed by atoms with van der Waals surface area (Å²) in [4.78, 5) is 2.51. The monoisotopic (exact) mass is 251 g/mol. The minimum Gasteiger partial charge on any atom is -0.385 e. The van der Waals surface area contributed by atoms with Crippen molar-refractivity contribution in [1.82, 2.24) is 4.90 Å². The first kappa shape index (κ1) is 11.5. The standard InChI is InChI=1S/C14H18ClNO/c15-12-4-1-3-11(9-12)14(17)6-8-16-7-2-5-13(16)10-14/h1,3-4,9,13,17H,2,5-8,10H2. The summed E-state index contributed by atoms with van der Waals surface area (Å²) in [6, 6.07) is 8.26. The van der Waals surface area contributed by atoms with Gasteiger partial charge in [-0.2, -0.15) is 0 Å². The maximum absolute atomic E-state index is 10.8. The van der Waals surface area contributed by atoms with Crippen molar-refractivity contribution < 1.29 is 5.11 Å². The number of hydrogen-bond acceptors (Lipinski definition) is 2. The minimum atomic E-state index is -0.670. The molecule has 2 unspecified atom stereocenters. The van der Waals surface area contributed by atoms with Crippen molar-refractivity contribution >= 4 is 11.6 Å². The lowest BCUT2D eigenvalue weighted by Crippen LogP contribution is -2.45. The maximum Gasteiger partial charge on any atom is 0.0924 e. The van der Waals surface area contributed by atoms with E-state index in [0.29, 0.717) is 11.1 Å². The molecule has 0 saturated carbocycles. The van der Waals surface area contributed by atoms with Gasteiger partial charge in [0.15, 0.2) is 0 Å². The number of fused-ring (bicyclic) bond motifs is 1. The highest BCUT2D eigenvalue weighted by Gasteiger charge is 2.41. The van der Waals surface area contributed by atoms with E-state index in [0.717, 1.165) is 24.9 Å². The van der Waals surface area contributed by atoms with E-state index in [4.69, 9.17) is 11.6 Å². The van der Waals surface area contributed by atoms with Crippen molar-refractivity contribution in [3.63, 3.8) is 0 Å². The molecular formula is C14H18ClNO. The largest absolute Gasteiger partial charge is 0.385 e. The quantitative estimate of drug-likeness (QED) is 0.830. The zero-order chi connectivity index (χ0) is 11.9. The van der Waals surface area contributed by atoms with E-state index in [1.54, 1.807) is 0 Å². The average molecular weight is 252 g/mol. The third-order valence-corrected chi connectivity index (χ3v) is 4.48. The smallest absolute Gasteiger partial charge is 0.0924 e. The van der Waals surface area contributed by atoms with Gasteiger partial charge in [0.1, 0.15) is 0 Å². The number of rotatable bonds is 1. The summed E-state index contributed by atoms with van der Waals surface area (Å²) in [5.74, 6) is 0. The number of nitrogens with zero attached hydrogens (tertiary/aromatic N) is 1. The number of aliphatic hydroxyl groups is 1. The molecule has 2 aliphatic rings. The molecule has 1 aromatic carbocycles. The van der Waals surface area contributed by atoms with Crippen LogP contribution in [0.1, 0.15) is 31.2 Å². The summed E-state index contributed by atoms with van der Waals surface area (Å²) in [7, 11) is 0. The molecule has 17 heavy (non-hydrogen) atoms. The van der Waals surface area contributed by atoms with Crippen LogP contribution < -0.4 is 0 Å². The SMILES string of the molecule is OC1(c2cccc(Cl)c2)CCN2CCCC2C1. The number of piperidine rings is 1. The molecule has 92 valence electrons. The van der Waals surface area contributed by atoms with Gasteiger partial charge in [0.05, 0.1) is 5.60 Å². The second-order valence-electron chi connectivity index (χ2n) is 5.33. The molecule has 2 fully saturated rings. The van der Waals surface area contributed by atoms with E-state index >= 15 is 0 Å². The van der Waals surface area contributed by atoms with Gasteiger partial charge in [-0.25, -0.2) is 0 Å². The Morgan fingerprint density at radius 2 is 2.24 bits per heavy atom. The Morgan fingerprint density at radius 3 is 3.06 bits per heavy atom. The van der Waals surface area contributed by atoms with Gasteiger partial charge in [-0.1, -0.05) is 23.7 Å². The van der Waals surface area contributed by atoms with Crippen LogP contribution in [0, 0.1) is 0 Å². The average Bonchev–Trinajstić information content (AvgIpc) is 2.76. The zero-order valence-electron chi connectivity index (χ0n) is 9.90. The second kappa shape index (κ2) is 4.27. The van der Waals surface area contributed by atoms with E-state index in [-0.39, 0.29) is 0 Å². The topological polar surface area (TPSA) is 23.5 Å². The number of benzene rings is 1. The molecule has 1 N–H and O–H groups in total. The summed E-state index contributed by atoms with van der Waals surface area (Å²) in [6.07, 6.45) is 4.18. The van der Waals surface area contributed by atoms with Crippen LogP contribution in [-0.4, -0.2) is 29.1 Å². The minimum absolute atomic E-state index is 0.563. The Balaban J connectivity index is 1.86. The lowest BCUT2D eigenvalue weighted by molar-refractivity contribution is -0.0408. The van der Waals surface area contributed by atoms with Crippen LogP contribution in [0.5, 0.6) is 0 Å². The van der Waals surface area contributed by atoms with Crippen molar-refractivity contribution in [2.45, 2.75) is 37.3 Å². The molecule has 0 aromatic heterocycles. The Kier molecular flexibility index (Phi) is 2.89. The van der Waals surface area contributed by atoms with E-state index in [9.17, 15) is 5.11 Å². The lowest BCUT2D eigenvalue weighted by Gasteiger charge is -2.41. The molecule has 3 rings (SSSR count). The van der Waals surface area contributed by atoms with Gasteiger partial charge in [0, 0.05) is 17.6 Å². The maximum atomic E-state index is 10.8. The van der Waals surface area contributed by atoms with Crippen molar-refractivity contribution in [2.24, 2.45) is 0 Å². The fourth-order valence-electron chi connectivity index (χ4n) is 3.28. The highest BCUT2D eigenvalue weighted by molar-refractivity contribution is 6.30. The molecular weight excluding hydrogens is 234 g/mol. The van der Waals surface area contributed by atoms with Crippen LogP contribution in [-0.2, 0) is 5.60 Å². The van der Waals surface area contributed by atoms with Crippen LogP contribution >= 0.6 is 11.6 Å². The molecule has 0 aliphatic carbocycles. The highest BCUT2D eigenvalue weighted by atomic mass is 35.5. The molecule has 0 bridgehead atoms. The molecule has 2 nitrogen and oxygen atoms in total. The highest BCUT2D eigenvalue weighted by Crippen LogP contribution is 2.39. The second-order valence-corrected chi connectivity index (χ2v) is 5.76. The molecule has 1 aromatic rings. The molecule has 2 aliphatic heterocycles. The Labute approximate surface area is 107 Å². The first-order chi connectivity index (χ1) is 8.17. The Hall–Kier alpha value is -0.570. The van der Waals surface area contributed by atoms with Crippen molar-refractivity contribution in [1.29, 1.82) is 0 Å². The predicted octanol–water partition coefficient (Wildman–Crippen LogP) is 2.79. The van der Waals surface area contributed by atoms with Crippen molar-refractivity contribution in [3.8, 4) is 0 Å². The third kappa shape index (κ3) is 2.10. The van der Waals surface area contributed by atoms with Gasteiger partial charge in [-0.05, 0) is 49.9 Å². The first-order valence-electron chi connectivity index (χ1n) is 6.40. The summed E-state index contributed by atoms with van der Waals surface area (Å²) in [5.41, 5.74) is 0.313. The fraction of sp³-hybridized carbons (Fsp3) is 0.571. The van der Waals surface area contributed by atoms with Gasteiger partial charge in [0.25, 0.3) is 0 Å². The summed E-state index contributed by atoms with van der Waals surface area (Å²) < 4.78 is 0. The van der Waals surface area contributed by atoms with Gasteiger partial charge >= 0.3 is 0 Å². The molecule has 0 radical (unpaired) electrons. The third-order valence-electron chi connectivity index (χ3n) is 4.25. The van der Waals surface area contributed by atoms with E-state index < -0.39 is 5.60 Å². The molecule has 3 heteroatoms. The van der Waals surface area contributed by atoms with Crippen LogP contribution in [0.25, 0.3) is 0 Å². The molecule has 2 heterocycles. The van der Waals surface area contributed by atoms with Gasteiger partial charge < -0.3 is 10.0 Å². The number of halogens is 1. The zero-order valence-corrected chi connectivity index (χ0v) is 10.7. The van der Waals surface area contributed by atoms with Crippen LogP contribution in [0.15, 0.2) is 24.3 Å². The van der Waals surface area contributed by atoms with E-state index in [1.807, 2.05) is 24.3 Å². The summed E-state index contributed by atoms with van der Waals surface area (Å²) >= 11 is 6.02. The van der Waals surface area contributed by atoms with Gasteiger partial charge in [-0.3, -0.25) is 0 Å². The predicted molar refractivity (Wildman–Crippen MR) is 69.2 cm³/mol. The molecule has 2 saturated heterocycles. The van der Waals surface area contributed by atoms with E-state index in [1.165, 1.54) is 19.4 Å². The Morgan fingerprint density at radius 1 is 1.35 bits per heavy atom. The normalized spacial score (nSPS) is 33.6. The summed E-state index contributed by atoms with van der Waals surface area (Å²) in [5, 5.41) is 11.5. The van der Waals surface area contributed by atoms with Crippen LogP contribution in [0.2, 0.25) is 5.02 Å². The molecule has 0 amide bonds. The first-order valence-corrected chi connectivity index (χ1v) is 6.78. The van der Waals surface area contributed by atoms with Crippen LogP contribution in [0.3, 0.4) is 0 Å². The molecule has 2 atom stereocenters. The van der Waals surface area contributed by atoms with Gasteiger partial charge in [0.2, 0.25) is 0 Å².